The van der Waals surface area contributed by atoms with Gasteiger partial charge < -0.3 is 15.0 Å². The number of carbonyl (C=O) groups is 1. The molecule has 3 aromatic rings. The molecule has 0 saturated heterocycles. The maximum absolute atomic E-state index is 13.1. The Hall–Kier alpha value is -3.57. The molecule has 2 N–H and O–H groups in total. The number of nitrogens with one attached hydrogen (secondary N) is 2. The maximum atomic E-state index is 13.1. The summed E-state index contributed by atoms with van der Waals surface area (Å²) in [7, 11) is 0. The zero-order valence-electron chi connectivity index (χ0n) is 16.4. The molecule has 6 nitrogen and oxygen atoms in total. The third kappa shape index (κ3) is 4.78. The summed E-state index contributed by atoms with van der Waals surface area (Å²) in [4.78, 5) is 32.4. The zero-order chi connectivity index (χ0) is 21.8. The van der Waals surface area contributed by atoms with E-state index in [9.17, 15) is 14.0 Å². The summed E-state index contributed by atoms with van der Waals surface area (Å²) in [6, 6.07) is 13.3. The van der Waals surface area contributed by atoms with Gasteiger partial charge in [0.2, 0.25) is 5.91 Å². The Morgan fingerprint density at radius 3 is 2.61 bits per heavy atom. The summed E-state index contributed by atoms with van der Waals surface area (Å²) in [6.07, 6.45) is 5.34. The fourth-order valence-corrected chi connectivity index (χ4v) is 4.17. The lowest BCUT2D eigenvalue weighted by molar-refractivity contribution is -0.116. The Kier molecular flexibility index (Phi) is 6.05. The van der Waals surface area contributed by atoms with Gasteiger partial charge in [0.25, 0.3) is 5.56 Å². The Morgan fingerprint density at radius 2 is 1.90 bits per heavy atom. The van der Waals surface area contributed by atoms with Crippen LogP contribution >= 0.6 is 11.8 Å². The van der Waals surface area contributed by atoms with Gasteiger partial charge in [-0.15, -0.1) is 6.42 Å². The van der Waals surface area contributed by atoms with Gasteiger partial charge in [-0.25, -0.2) is 9.37 Å². The van der Waals surface area contributed by atoms with Crippen molar-refractivity contribution < 1.29 is 13.9 Å². The van der Waals surface area contributed by atoms with Crippen molar-refractivity contribution in [2.45, 2.75) is 23.2 Å². The molecule has 1 aliphatic heterocycles. The number of hydrogen-bond acceptors (Lipinski definition) is 5. The lowest BCUT2D eigenvalue weighted by Gasteiger charge is -2.24. The van der Waals surface area contributed by atoms with Gasteiger partial charge >= 0.3 is 0 Å². The van der Waals surface area contributed by atoms with E-state index in [2.05, 4.69) is 21.2 Å². The fraction of sp³-hybridized carbons (Fsp3) is 0.174. The van der Waals surface area contributed by atoms with Crippen molar-refractivity contribution in [3.05, 3.63) is 81.4 Å². The first-order chi connectivity index (χ1) is 15.0. The Balaban J connectivity index is 1.58. The van der Waals surface area contributed by atoms with Crippen LogP contribution in [-0.4, -0.2) is 22.5 Å². The zero-order valence-corrected chi connectivity index (χ0v) is 17.2. The van der Waals surface area contributed by atoms with Gasteiger partial charge in [-0.05, 0) is 35.4 Å². The van der Waals surface area contributed by atoms with Crippen LogP contribution in [-0.2, 0) is 10.5 Å². The average molecular weight is 435 g/mol. The Morgan fingerprint density at radius 1 is 1.16 bits per heavy atom. The summed E-state index contributed by atoms with van der Waals surface area (Å²) >= 11 is 1.30. The number of nitrogens with zero attached hydrogens (tertiary/aromatic N) is 1. The number of thioether (sulfide) groups is 1. The number of rotatable bonds is 6. The predicted octanol–water partition coefficient (Wildman–Crippen LogP) is 3.69. The highest BCUT2D eigenvalue weighted by Gasteiger charge is 2.31. The van der Waals surface area contributed by atoms with Gasteiger partial charge in [-0.3, -0.25) is 9.59 Å². The van der Waals surface area contributed by atoms with Crippen LogP contribution in [0, 0.1) is 18.2 Å². The number of anilines is 1. The van der Waals surface area contributed by atoms with Crippen molar-refractivity contribution in [2.24, 2.45) is 0 Å². The van der Waals surface area contributed by atoms with Crippen molar-refractivity contribution >= 4 is 23.5 Å². The molecule has 0 unspecified atom stereocenters. The largest absolute Gasteiger partial charge is 0.481 e. The number of benzene rings is 2. The molecule has 1 aliphatic rings. The normalized spacial score (nSPS) is 15.0. The summed E-state index contributed by atoms with van der Waals surface area (Å²) < 4.78 is 18.4. The molecule has 1 aromatic heterocycles. The van der Waals surface area contributed by atoms with E-state index in [1.165, 1.54) is 23.9 Å². The number of H-pyrrole nitrogens is 1. The maximum Gasteiger partial charge on any atom is 0.257 e. The van der Waals surface area contributed by atoms with E-state index in [0.717, 1.165) is 11.1 Å². The van der Waals surface area contributed by atoms with Crippen LogP contribution in [0.3, 0.4) is 0 Å². The second-order valence-electron chi connectivity index (χ2n) is 6.92. The number of fused-ring (bicyclic) bond motifs is 1. The number of aromatic nitrogens is 2. The minimum atomic E-state index is -0.419. The molecule has 8 heteroatoms. The molecule has 1 atom stereocenters. The fourth-order valence-electron chi connectivity index (χ4n) is 3.36. The van der Waals surface area contributed by atoms with Crippen molar-refractivity contribution in [3.8, 4) is 18.1 Å². The van der Waals surface area contributed by atoms with Crippen LogP contribution in [0.15, 0.2) is 58.5 Å². The Bertz CT molecular complexity index is 1200. The number of halogens is 1. The molecule has 2 heterocycles. The Labute approximate surface area is 182 Å². The van der Waals surface area contributed by atoms with E-state index in [4.69, 9.17) is 11.2 Å². The van der Waals surface area contributed by atoms with Crippen LogP contribution in [0.25, 0.3) is 0 Å². The number of terminal acetylenes is 1. The van der Waals surface area contributed by atoms with E-state index < -0.39 is 5.92 Å². The molecule has 0 saturated carbocycles. The van der Waals surface area contributed by atoms with Crippen molar-refractivity contribution in [1.82, 2.24) is 9.97 Å². The van der Waals surface area contributed by atoms with Crippen molar-refractivity contribution in [3.63, 3.8) is 0 Å². The van der Waals surface area contributed by atoms with E-state index in [0.29, 0.717) is 22.2 Å². The quantitative estimate of drug-likeness (QED) is 0.351. The van der Waals surface area contributed by atoms with Crippen LogP contribution in [0.1, 0.15) is 29.0 Å². The number of ether oxygens (including phenoxy) is 1. The highest BCUT2D eigenvalue weighted by atomic mass is 32.2. The third-order valence-corrected chi connectivity index (χ3v) is 5.77. The van der Waals surface area contributed by atoms with Crippen LogP contribution in [0.2, 0.25) is 0 Å². The highest BCUT2D eigenvalue weighted by molar-refractivity contribution is 7.98. The molecule has 0 fully saturated rings. The monoisotopic (exact) mass is 435 g/mol. The highest BCUT2D eigenvalue weighted by Crippen LogP contribution is 2.35. The summed E-state index contributed by atoms with van der Waals surface area (Å²) in [5.41, 5.74) is 1.82. The molecule has 0 radical (unpaired) electrons. The summed E-state index contributed by atoms with van der Waals surface area (Å²) in [5.74, 6) is 2.84. The predicted molar refractivity (Wildman–Crippen MR) is 117 cm³/mol. The van der Waals surface area contributed by atoms with Gasteiger partial charge in [0.05, 0.1) is 5.56 Å². The van der Waals surface area contributed by atoms with E-state index >= 15 is 0 Å². The summed E-state index contributed by atoms with van der Waals surface area (Å²) in [5, 5.41) is 3.09. The smallest absolute Gasteiger partial charge is 0.257 e. The van der Waals surface area contributed by atoms with Gasteiger partial charge in [0.15, 0.2) is 5.16 Å². The molecular weight excluding hydrogens is 417 g/mol. The molecule has 0 bridgehead atoms. The van der Waals surface area contributed by atoms with Gasteiger partial charge in [0, 0.05) is 18.1 Å². The van der Waals surface area contributed by atoms with Gasteiger partial charge in [-0.1, -0.05) is 41.9 Å². The number of amides is 1. The van der Waals surface area contributed by atoms with Crippen LogP contribution in [0.4, 0.5) is 10.2 Å². The molecule has 4 rings (SSSR count). The number of carbonyl (C=O) groups excluding carboxylic acids is 1. The first kappa shape index (κ1) is 20.7. The lowest BCUT2D eigenvalue weighted by Crippen LogP contribution is -2.31. The van der Waals surface area contributed by atoms with Crippen molar-refractivity contribution in [1.29, 1.82) is 0 Å². The third-order valence-electron chi connectivity index (χ3n) is 4.82. The van der Waals surface area contributed by atoms with Crippen LogP contribution < -0.4 is 15.6 Å². The lowest BCUT2D eigenvalue weighted by atomic mass is 9.87. The number of hydrogen-bond donors (Lipinski definition) is 2. The molecule has 2 aromatic carbocycles. The van der Waals surface area contributed by atoms with Gasteiger partial charge in [-0.2, -0.15) is 0 Å². The average Bonchev–Trinajstić information content (AvgIpc) is 2.77. The standard InChI is InChI=1S/C23H18FN3O3S/c1-2-11-30-17-9-5-15(6-10-17)18-12-19(28)25-21-20(18)22(29)27-23(26-21)31-13-14-3-7-16(24)8-4-14/h1,3-10,18H,11-13H2,(H2,25,26,27,28,29)/t18-/m1/s1. The molecule has 0 aliphatic carbocycles. The minimum absolute atomic E-state index is 0.143. The number of aromatic amines is 1. The molecule has 156 valence electrons. The van der Waals surface area contributed by atoms with E-state index in [-0.39, 0.29) is 36.1 Å². The van der Waals surface area contributed by atoms with Crippen molar-refractivity contribution in [2.75, 3.05) is 11.9 Å². The SMILES string of the molecule is C#CCOc1ccc([C@H]2CC(=O)Nc3nc(SCc4ccc(F)cc4)[nH]c(=O)c32)cc1. The minimum Gasteiger partial charge on any atom is -0.481 e. The molecule has 31 heavy (non-hydrogen) atoms. The second-order valence-corrected chi connectivity index (χ2v) is 7.88. The first-order valence-electron chi connectivity index (χ1n) is 9.51. The van der Waals surface area contributed by atoms with Gasteiger partial charge in [0.1, 0.15) is 24.0 Å². The summed E-state index contributed by atoms with van der Waals surface area (Å²) in [6.45, 7) is 0.163. The second kappa shape index (κ2) is 9.06. The topological polar surface area (TPSA) is 84.1 Å². The molecule has 1 amide bonds. The molecular formula is C23H18FN3O3S. The van der Waals surface area contributed by atoms with Crippen LogP contribution in [0.5, 0.6) is 5.75 Å². The molecule has 0 spiro atoms. The van der Waals surface area contributed by atoms with E-state index in [1.54, 1.807) is 24.3 Å². The first-order valence-corrected chi connectivity index (χ1v) is 10.5. The van der Waals surface area contributed by atoms with E-state index in [1.807, 2.05) is 12.1 Å².